The number of hydrogen-bond acceptors (Lipinski definition) is 4. The fourth-order valence-electron chi connectivity index (χ4n) is 2.85. The topological polar surface area (TPSA) is 76.2 Å². The third-order valence-electron chi connectivity index (χ3n) is 4.47. The number of nitrogens with zero attached hydrogens (tertiary/aromatic N) is 3. The van der Waals surface area contributed by atoms with Crippen LogP contribution >= 0.6 is 0 Å². The van der Waals surface area contributed by atoms with E-state index in [1.165, 1.54) is 5.56 Å². The van der Waals surface area contributed by atoms with Crippen molar-refractivity contribution in [1.29, 1.82) is 0 Å². The lowest BCUT2D eigenvalue weighted by Crippen LogP contribution is -2.07. The molecule has 0 aliphatic rings. The standard InChI is InChI=1S/C21H23N3O3/c1-13(2)15-6-8-16(9-7-15)27-12-19(25)22-23-20-17-11-14(3)5-10-18(17)24(4)21(20)26/h5-11,13,26H,12H2,1-4H3. The van der Waals surface area contributed by atoms with E-state index in [1.54, 1.807) is 11.6 Å². The number of benzene rings is 2. The van der Waals surface area contributed by atoms with Gasteiger partial charge in [0.1, 0.15) is 5.75 Å². The SMILES string of the molecule is Cc1ccc2c(c1)c(N=NC(=O)COc1ccc(C(C)C)cc1)c(O)n2C. The van der Waals surface area contributed by atoms with Crippen LogP contribution in [0.4, 0.5) is 5.69 Å². The first-order valence-corrected chi connectivity index (χ1v) is 8.82. The van der Waals surface area contributed by atoms with Crippen LogP contribution in [0.5, 0.6) is 11.6 Å². The zero-order valence-electron chi connectivity index (χ0n) is 15.9. The molecule has 0 fully saturated rings. The zero-order valence-corrected chi connectivity index (χ0v) is 15.9. The zero-order chi connectivity index (χ0) is 19.6. The van der Waals surface area contributed by atoms with Gasteiger partial charge in [0.2, 0.25) is 5.88 Å². The van der Waals surface area contributed by atoms with Crippen molar-refractivity contribution in [1.82, 2.24) is 4.57 Å². The smallest absolute Gasteiger partial charge is 0.302 e. The number of carbonyl (C=O) groups is 1. The van der Waals surface area contributed by atoms with Crippen molar-refractivity contribution in [2.75, 3.05) is 6.61 Å². The fraction of sp³-hybridized carbons (Fsp3) is 0.286. The molecule has 1 heterocycles. The maximum atomic E-state index is 12.0. The molecule has 0 bridgehead atoms. The number of ether oxygens (including phenoxy) is 1. The van der Waals surface area contributed by atoms with Crippen LogP contribution in [-0.4, -0.2) is 22.2 Å². The predicted octanol–water partition coefficient (Wildman–Crippen LogP) is 5.01. The summed E-state index contributed by atoms with van der Waals surface area (Å²) in [6, 6.07) is 13.4. The maximum Gasteiger partial charge on any atom is 0.302 e. The molecule has 6 nitrogen and oxygen atoms in total. The van der Waals surface area contributed by atoms with E-state index < -0.39 is 5.91 Å². The van der Waals surface area contributed by atoms with E-state index in [9.17, 15) is 9.90 Å². The molecule has 140 valence electrons. The molecule has 0 saturated heterocycles. The van der Waals surface area contributed by atoms with E-state index in [4.69, 9.17) is 4.74 Å². The lowest BCUT2D eigenvalue weighted by molar-refractivity contribution is -0.120. The van der Waals surface area contributed by atoms with Crippen molar-refractivity contribution in [3.8, 4) is 11.6 Å². The summed E-state index contributed by atoms with van der Waals surface area (Å²) in [7, 11) is 1.73. The Kier molecular flexibility index (Phi) is 5.26. The maximum absolute atomic E-state index is 12.0. The second-order valence-electron chi connectivity index (χ2n) is 6.86. The Labute approximate surface area is 158 Å². The number of carbonyl (C=O) groups excluding carboxylic acids is 1. The number of hydrogen-bond donors (Lipinski definition) is 1. The molecule has 3 aromatic rings. The highest BCUT2D eigenvalue weighted by Crippen LogP contribution is 2.38. The number of aromatic nitrogens is 1. The van der Waals surface area contributed by atoms with Gasteiger partial charge in [-0.3, -0.25) is 4.79 Å². The van der Waals surface area contributed by atoms with E-state index in [2.05, 4.69) is 24.1 Å². The Morgan fingerprint density at radius 1 is 1.19 bits per heavy atom. The summed E-state index contributed by atoms with van der Waals surface area (Å²) in [5, 5.41) is 18.7. The molecule has 6 heteroatoms. The summed E-state index contributed by atoms with van der Waals surface area (Å²) in [5.74, 6) is 0.488. The van der Waals surface area contributed by atoms with Gasteiger partial charge >= 0.3 is 5.91 Å². The molecule has 1 N–H and O–H groups in total. The minimum atomic E-state index is -0.521. The van der Waals surface area contributed by atoms with Crippen molar-refractivity contribution < 1.29 is 14.6 Å². The number of amides is 1. The minimum Gasteiger partial charge on any atom is -0.493 e. The van der Waals surface area contributed by atoms with E-state index in [1.807, 2.05) is 49.4 Å². The first kappa shape index (κ1) is 18.6. The van der Waals surface area contributed by atoms with Gasteiger partial charge in [-0.15, -0.1) is 10.2 Å². The molecule has 0 aliphatic carbocycles. The van der Waals surface area contributed by atoms with Crippen LogP contribution in [0.1, 0.15) is 30.9 Å². The summed E-state index contributed by atoms with van der Waals surface area (Å²) < 4.78 is 7.07. The second-order valence-corrected chi connectivity index (χ2v) is 6.86. The lowest BCUT2D eigenvalue weighted by Gasteiger charge is -2.07. The lowest BCUT2D eigenvalue weighted by atomic mass is 10.0. The summed E-state index contributed by atoms with van der Waals surface area (Å²) >= 11 is 0. The first-order valence-electron chi connectivity index (χ1n) is 8.82. The molecule has 27 heavy (non-hydrogen) atoms. The Hall–Kier alpha value is -3.15. The van der Waals surface area contributed by atoms with Gasteiger partial charge in [0.15, 0.2) is 12.3 Å². The number of rotatable bonds is 5. The summed E-state index contributed by atoms with van der Waals surface area (Å²) in [6.07, 6.45) is 0. The predicted molar refractivity (Wildman–Crippen MR) is 105 cm³/mol. The molecular weight excluding hydrogens is 342 g/mol. The first-order chi connectivity index (χ1) is 12.9. The van der Waals surface area contributed by atoms with Gasteiger partial charge in [-0.2, -0.15) is 0 Å². The van der Waals surface area contributed by atoms with Crippen LogP contribution < -0.4 is 4.74 Å². The molecule has 0 unspecified atom stereocenters. The molecular formula is C21H23N3O3. The largest absolute Gasteiger partial charge is 0.493 e. The Morgan fingerprint density at radius 2 is 1.89 bits per heavy atom. The number of aryl methyl sites for hydroxylation is 2. The van der Waals surface area contributed by atoms with Gasteiger partial charge in [0, 0.05) is 12.4 Å². The third-order valence-corrected chi connectivity index (χ3v) is 4.47. The fourth-order valence-corrected chi connectivity index (χ4v) is 2.85. The molecule has 0 aliphatic heterocycles. The van der Waals surface area contributed by atoms with Crippen LogP contribution in [0.2, 0.25) is 0 Å². The molecule has 0 saturated carbocycles. The van der Waals surface area contributed by atoms with Crippen LogP contribution in [0, 0.1) is 6.92 Å². The molecule has 1 amide bonds. The van der Waals surface area contributed by atoms with E-state index in [-0.39, 0.29) is 18.2 Å². The summed E-state index contributed by atoms with van der Waals surface area (Å²) in [4.78, 5) is 12.0. The van der Waals surface area contributed by atoms with Crippen LogP contribution in [0.25, 0.3) is 10.9 Å². The van der Waals surface area contributed by atoms with Crippen LogP contribution in [-0.2, 0) is 11.8 Å². The highest BCUT2D eigenvalue weighted by molar-refractivity contribution is 5.95. The molecule has 0 atom stereocenters. The second kappa shape index (κ2) is 7.61. The van der Waals surface area contributed by atoms with Crippen molar-refractivity contribution >= 4 is 22.5 Å². The van der Waals surface area contributed by atoms with Crippen molar-refractivity contribution in [2.45, 2.75) is 26.7 Å². The molecule has 0 radical (unpaired) electrons. The highest BCUT2D eigenvalue weighted by atomic mass is 16.5. The Balaban J connectivity index is 1.71. The van der Waals surface area contributed by atoms with Gasteiger partial charge in [0.25, 0.3) is 0 Å². The number of azo groups is 1. The summed E-state index contributed by atoms with van der Waals surface area (Å²) in [5.41, 5.74) is 3.34. The van der Waals surface area contributed by atoms with Gasteiger partial charge < -0.3 is 14.4 Å². The minimum absolute atomic E-state index is 0.0302. The molecule has 2 aromatic carbocycles. The van der Waals surface area contributed by atoms with E-state index >= 15 is 0 Å². The van der Waals surface area contributed by atoms with E-state index in [0.717, 1.165) is 16.5 Å². The average molecular weight is 365 g/mol. The van der Waals surface area contributed by atoms with Crippen LogP contribution in [0.15, 0.2) is 52.7 Å². The van der Waals surface area contributed by atoms with Gasteiger partial charge in [-0.25, -0.2) is 0 Å². The molecule has 1 aromatic heterocycles. The van der Waals surface area contributed by atoms with Crippen molar-refractivity contribution in [3.63, 3.8) is 0 Å². The quantitative estimate of drug-likeness (QED) is 0.646. The van der Waals surface area contributed by atoms with Gasteiger partial charge in [0.05, 0.1) is 5.52 Å². The third kappa shape index (κ3) is 4.00. The monoisotopic (exact) mass is 365 g/mol. The molecule has 3 rings (SSSR count). The normalized spacial score (nSPS) is 11.6. The van der Waals surface area contributed by atoms with Crippen molar-refractivity contribution in [2.24, 2.45) is 17.3 Å². The van der Waals surface area contributed by atoms with Crippen LogP contribution in [0.3, 0.4) is 0 Å². The van der Waals surface area contributed by atoms with Gasteiger partial charge in [-0.1, -0.05) is 37.6 Å². The average Bonchev–Trinajstić information content (AvgIpc) is 2.88. The number of aromatic hydroxyl groups is 1. The Morgan fingerprint density at radius 3 is 2.56 bits per heavy atom. The molecule has 0 spiro atoms. The summed E-state index contributed by atoms with van der Waals surface area (Å²) in [6.45, 7) is 5.97. The number of fused-ring (bicyclic) bond motifs is 1. The van der Waals surface area contributed by atoms with Crippen molar-refractivity contribution in [3.05, 3.63) is 53.6 Å². The van der Waals surface area contributed by atoms with E-state index in [0.29, 0.717) is 11.7 Å². The Bertz CT molecular complexity index is 1000. The highest BCUT2D eigenvalue weighted by Gasteiger charge is 2.15. The van der Waals surface area contributed by atoms with Gasteiger partial charge in [-0.05, 0) is 42.7 Å².